The Morgan fingerprint density at radius 1 is 1.26 bits per heavy atom. The van der Waals surface area contributed by atoms with Crippen LogP contribution in [-0.4, -0.2) is 79.7 Å². The average molecular weight is 550 g/mol. The second kappa shape index (κ2) is 8.74. The average Bonchev–Trinajstić information content (AvgIpc) is 3.62. The highest BCUT2D eigenvalue weighted by Crippen LogP contribution is 2.50. The van der Waals surface area contributed by atoms with Crippen LogP contribution in [0.4, 0.5) is 10.5 Å². The largest absolute Gasteiger partial charge is 0.494 e. The van der Waals surface area contributed by atoms with Crippen LogP contribution in [0, 0.1) is 5.41 Å². The lowest BCUT2D eigenvalue weighted by molar-refractivity contribution is -0.140. The van der Waals surface area contributed by atoms with E-state index in [1.807, 2.05) is 45.0 Å². The van der Waals surface area contributed by atoms with Crippen molar-refractivity contribution in [1.82, 2.24) is 14.8 Å². The van der Waals surface area contributed by atoms with Gasteiger partial charge >= 0.3 is 6.09 Å². The van der Waals surface area contributed by atoms with Crippen LogP contribution in [-0.2, 0) is 9.63 Å². The Hall–Kier alpha value is -4.05. The van der Waals surface area contributed by atoms with Crippen molar-refractivity contribution in [3.05, 3.63) is 58.6 Å². The van der Waals surface area contributed by atoms with Crippen molar-refractivity contribution >= 4 is 51.6 Å². The highest BCUT2D eigenvalue weighted by atomic mass is 35.5. The second-order valence-corrected chi connectivity index (χ2v) is 11.7. The van der Waals surface area contributed by atoms with Gasteiger partial charge in [-0.3, -0.25) is 9.69 Å². The molecule has 2 fully saturated rings. The van der Waals surface area contributed by atoms with E-state index in [1.54, 1.807) is 23.1 Å². The molecule has 2 atom stereocenters. The zero-order valence-corrected chi connectivity index (χ0v) is 22.5. The number of nitrogens with one attached hydrogen (secondary N) is 1. The molecule has 3 aliphatic rings. The summed E-state index contributed by atoms with van der Waals surface area (Å²) in [6.45, 7) is 6.30. The van der Waals surface area contributed by atoms with Gasteiger partial charge in [-0.2, -0.15) is 0 Å². The molecule has 39 heavy (non-hydrogen) atoms. The Labute approximate surface area is 229 Å². The van der Waals surface area contributed by atoms with Crippen LogP contribution < -0.4 is 0 Å². The van der Waals surface area contributed by atoms with Gasteiger partial charge in [0.2, 0.25) is 0 Å². The number of fused-ring (bicyclic) bond motifs is 4. The van der Waals surface area contributed by atoms with Gasteiger partial charge in [0.15, 0.2) is 12.5 Å². The van der Waals surface area contributed by atoms with Crippen molar-refractivity contribution in [2.45, 2.75) is 38.8 Å². The van der Waals surface area contributed by atoms with Crippen molar-refractivity contribution in [2.24, 2.45) is 15.6 Å². The van der Waals surface area contributed by atoms with Gasteiger partial charge in [-0.15, -0.1) is 0 Å². The first-order chi connectivity index (χ1) is 18.5. The molecule has 6 rings (SSSR count). The zero-order valence-electron chi connectivity index (χ0n) is 21.7. The molecule has 3 N–H and O–H groups in total. The third-order valence-electron chi connectivity index (χ3n) is 8.24. The Bertz CT molecular complexity index is 1590. The predicted molar refractivity (Wildman–Crippen MR) is 147 cm³/mol. The lowest BCUT2D eigenvalue weighted by atomic mass is 9.73. The molecule has 3 aromatic rings. The van der Waals surface area contributed by atoms with Crippen molar-refractivity contribution < 1.29 is 24.6 Å². The molecular formula is C28H28ClN5O5. The lowest BCUT2D eigenvalue weighted by Crippen LogP contribution is -2.62. The fraction of sp³-hybridized carbons (Fsp3) is 0.357. The fourth-order valence-electron chi connectivity index (χ4n) is 6.18. The molecule has 2 aromatic carbocycles. The Morgan fingerprint density at radius 2 is 2.03 bits per heavy atom. The molecule has 0 saturated carbocycles. The number of carboxylic acid groups (broad SMARTS) is 1. The number of aromatic hydroxyl groups is 1. The molecule has 3 aliphatic heterocycles. The number of benzene rings is 2. The normalized spacial score (nSPS) is 23.0. The van der Waals surface area contributed by atoms with Gasteiger partial charge in [-0.25, -0.2) is 9.79 Å². The summed E-state index contributed by atoms with van der Waals surface area (Å²) in [5, 5.41) is 26.1. The van der Waals surface area contributed by atoms with Crippen LogP contribution in [0.3, 0.4) is 0 Å². The van der Waals surface area contributed by atoms with E-state index in [4.69, 9.17) is 21.4 Å². The number of aliphatic imine (C=N–C) groups is 1. The first-order valence-electron chi connectivity index (χ1n) is 12.7. The van der Waals surface area contributed by atoms with E-state index < -0.39 is 11.6 Å². The highest BCUT2D eigenvalue weighted by Gasteiger charge is 2.62. The van der Waals surface area contributed by atoms with E-state index in [1.165, 1.54) is 4.90 Å². The van der Waals surface area contributed by atoms with E-state index >= 15 is 0 Å². The SMILES string of the molecule is CC(C)(C)[C@]12C[C@@H](CN1C(=O)O)N(C(=O)CO/N=C1/C(c3c(O)[nH]c4ccc(Cl)cc34)=Nc3ccccc31)C2. The smallest absolute Gasteiger partial charge is 0.407 e. The van der Waals surface area contributed by atoms with E-state index in [-0.39, 0.29) is 36.4 Å². The van der Waals surface area contributed by atoms with Crippen LogP contribution >= 0.6 is 11.6 Å². The van der Waals surface area contributed by atoms with Crippen LogP contribution in [0.15, 0.2) is 52.6 Å². The number of H-pyrrole nitrogens is 1. The van der Waals surface area contributed by atoms with Crippen LogP contribution in [0.1, 0.15) is 38.3 Å². The molecule has 4 heterocycles. The minimum atomic E-state index is -0.962. The molecule has 2 bridgehead atoms. The summed E-state index contributed by atoms with van der Waals surface area (Å²) in [7, 11) is 0. The lowest BCUT2D eigenvalue weighted by Gasteiger charge is -2.48. The first-order valence-corrected chi connectivity index (χ1v) is 13.1. The molecule has 2 saturated heterocycles. The summed E-state index contributed by atoms with van der Waals surface area (Å²) in [5.74, 6) is -0.335. The molecule has 10 nitrogen and oxygen atoms in total. The first kappa shape index (κ1) is 25.2. The molecule has 2 amide bonds. The molecular weight excluding hydrogens is 522 g/mol. The van der Waals surface area contributed by atoms with E-state index in [9.17, 15) is 19.8 Å². The van der Waals surface area contributed by atoms with Gasteiger partial charge in [0.25, 0.3) is 5.91 Å². The van der Waals surface area contributed by atoms with E-state index in [0.29, 0.717) is 57.1 Å². The standard InChI is InChI=1S/C28H28ClN5O5/c1-27(2,3)28-11-16(12-34(28)26(37)38)33(14-28)21(35)13-39-32-23-17-6-4-5-7-19(17)30-24(23)22-18-10-15(29)8-9-20(18)31-25(22)36/h4-10,16,31,36H,11-14H2,1-3H3,(H,37,38)/b32-23+/t16-,28+/m0/s1. The van der Waals surface area contributed by atoms with Crippen LogP contribution in [0.2, 0.25) is 5.02 Å². The maximum atomic E-state index is 13.3. The Kier molecular flexibility index (Phi) is 5.65. The van der Waals surface area contributed by atoms with Crippen molar-refractivity contribution in [3.63, 3.8) is 0 Å². The van der Waals surface area contributed by atoms with E-state index in [0.717, 1.165) is 0 Å². The minimum Gasteiger partial charge on any atom is -0.494 e. The monoisotopic (exact) mass is 549 g/mol. The third-order valence-corrected chi connectivity index (χ3v) is 8.48. The van der Waals surface area contributed by atoms with Crippen LogP contribution in [0.25, 0.3) is 10.9 Å². The number of hydrogen-bond acceptors (Lipinski definition) is 6. The molecule has 0 spiro atoms. The summed E-state index contributed by atoms with van der Waals surface area (Å²) in [4.78, 5) is 41.7. The number of carbonyl (C=O) groups is 2. The topological polar surface area (TPSA) is 131 Å². The summed E-state index contributed by atoms with van der Waals surface area (Å²) in [5.41, 5.74) is 2.29. The maximum absolute atomic E-state index is 13.3. The molecule has 11 heteroatoms. The van der Waals surface area contributed by atoms with Crippen LogP contribution in [0.5, 0.6) is 5.88 Å². The van der Waals surface area contributed by atoms with Gasteiger partial charge in [-0.05, 0) is 36.1 Å². The number of aromatic nitrogens is 1. The number of rotatable bonds is 4. The number of hydrogen-bond donors (Lipinski definition) is 3. The number of nitrogens with zero attached hydrogens (tertiary/aromatic N) is 4. The van der Waals surface area contributed by atoms with Gasteiger partial charge in [0.1, 0.15) is 11.4 Å². The second-order valence-electron chi connectivity index (χ2n) is 11.3. The third kappa shape index (κ3) is 3.84. The number of aromatic amines is 1. The predicted octanol–water partition coefficient (Wildman–Crippen LogP) is 4.76. The summed E-state index contributed by atoms with van der Waals surface area (Å²) in [6, 6.07) is 12.4. The van der Waals surface area contributed by atoms with Gasteiger partial charge < -0.3 is 24.9 Å². The maximum Gasteiger partial charge on any atom is 0.407 e. The van der Waals surface area contributed by atoms with Crippen molar-refractivity contribution in [3.8, 4) is 5.88 Å². The molecule has 1 aromatic heterocycles. The fourth-order valence-corrected chi connectivity index (χ4v) is 6.36. The van der Waals surface area contributed by atoms with E-state index in [2.05, 4.69) is 10.1 Å². The minimum absolute atomic E-state index is 0.0776. The summed E-state index contributed by atoms with van der Waals surface area (Å²) < 4.78 is 0. The number of halogens is 1. The molecule has 0 radical (unpaired) electrons. The number of piperazine rings is 1. The summed E-state index contributed by atoms with van der Waals surface area (Å²) in [6.07, 6.45) is -0.369. The van der Waals surface area contributed by atoms with Gasteiger partial charge in [-0.1, -0.05) is 55.7 Å². The van der Waals surface area contributed by atoms with Crippen molar-refractivity contribution in [1.29, 1.82) is 0 Å². The quantitative estimate of drug-likeness (QED) is 0.404. The Morgan fingerprint density at radius 3 is 2.77 bits per heavy atom. The number of carbonyl (C=O) groups excluding carboxylic acids is 1. The molecule has 0 unspecified atom stereocenters. The van der Waals surface area contributed by atoms with Gasteiger partial charge in [0.05, 0.1) is 22.8 Å². The van der Waals surface area contributed by atoms with Crippen molar-refractivity contribution in [2.75, 3.05) is 19.7 Å². The molecule has 0 aliphatic carbocycles. The summed E-state index contributed by atoms with van der Waals surface area (Å²) >= 11 is 6.24. The van der Waals surface area contributed by atoms with Gasteiger partial charge in [0, 0.05) is 34.6 Å². The number of amides is 2. The number of oxime groups is 1. The zero-order chi connectivity index (χ0) is 27.7. The number of likely N-dealkylation sites (tertiary alicyclic amines) is 2. The highest BCUT2D eigenvalue weighted by molar-refractivity contribution is 6.58. The molecule has 202 valence electrons. The Balaban J connectivity index is 1.27. The number of para-hydroxylation sites is 1.